The first-order valence-corrected chi connectivity index (χ1v) is 9.06. The molecule has 3 aromatic heterocycles. The van der Waals surface area contributed by atoms with E-state index >= 15 is 0 Å². The third kappa shape index (κ3) is 2.70. The van der Waals surface area contributed by atoms with Gasteiger partial charge in [0.25, 0.3) is 0 Å². The van der Waals surface area contributed by atoms with Crippen LogP contribution in [-0.4, -0.2) is 47.5 Å². The van der Waals surface area contributed by atoms with Crippen LogP contribution in [0.5, 0.6) is 0 Å². The summed E-state index contributed by atoms with van der Waals surface area (Å²) in [5, 5.41) is 11.9. The van der Waals surface area contributed by atoms with E-state index in [0.29, 0.717) is 15.8 Å². The number of hydrogen-bond acceptors (Lipinski definition) is 5. The molecule has 1 N–H and O–H groups in total. The fourth-order valence-corrected chi connectivity index (χ4v) is 3.67. The Balaban J connectivity index is 1.63. The van der Waals surface area contributed by atoms with Gasteiger partial charge < -0.3 is 5.32 Å². The molecule has 0 bridgehead atoms. The largest absolute Gasteiger partial charge is 0.455 e. The quantitative estimate of drug-likeness (QED) is 0.492. The molecule has 0 saturated heterocycles. The standard InChI is InChI=1S/C18H14F5N7/c1-9-6-13(17(19,20)18(21,22)23)30-14(25-9)7-12(27-30)15-26-16-10-4-2-3-5-11(10)24-8-29(16)28-15/h2-5,7-9,13,25H,6H2,1H3/t9-,13-/m1/s1. The fraction of sp³-hybridized carbons (Fsp3) is 0.333. The molecule has 0 amide bonds. The Hall–Kier alpha value is -3.31. The summed E-state index contributed by atoms with van der Waals surface area (Å²) in [4.78, 5) is 8.67. The second-order valence-corrected chi connectivity index (χ2v) is 7.24. The van der Waals surface area contributed by atoms with Crippen molar-refractivity contribution in [1.82, 2.24) is 29.4 Å². The van der Waals surface area contributed by atoms with E-state index in [1.54, 1.807) is 12.1 Å². The lowest BCUT2D eigenvalue weighted by atomic mass is 9.99. The van der Waals surface area contributed by atoms with Gasteiger partial charge in [-0.3, -0.25) is 0 Å². The zero-order chi connectivity index (χ0) is 21.3. The highest BCUT2D eigenvalue weighted by Gasteiger charge is 2.64. The smallest absolute Gasteiger partial charge is 0.368 e. The van der Waals surface area contributed by atoms with Gasteiger partial charge in [-0.15, -0.1) is 5.10 Å². The van der Waals surface area contributed by atoms with Crippen molar-refractivity contribution in [1.29, 1.82) is 0 Å². The highest BCUT2D eigenvalue weighted by atomic mass is 19.4. The Morgan fingerprint density at radius 2 is 1.87 bits per heavy atom. The van der Waals surface area contributed by atoms with Crippen molar-refractivity contribution in [3.05, 3.63) is 36.7 Å². The molecular formula is C18H14F5N7. The lowest BCUT2D eigenvalue weighted by Gasteiger charge is -2.35. The Morgan fingerprint density at radius 3 is 2.63 bits per heavy atom. The maximum absolute atomic E-state index is 14.2. The summed E-state index contributed by atoms with van der Waals surface area (Å²) in [5.74, 6) is -4.79. The molecule has 12 heteroatoms. The maximum atomic E-state index is 14.2. The summed E-state index contributed by atoms with van der Waals surface area (Å²) in [6.07, 6.45) is -4.68. The van der Waals surface area contributed by atoms with Crippen molar-refractivity contribution >= 4 is 22.4 Å². The van der Waals surface area contributed by atoms with Crippen LogP contribution < -0.4 is 5.32 Å². The maximum Gasteiger partial charge on any atom is 0.455 e. The summed E-state index contributed by atoms with van der Waals surface area (Å²) in [5.41, 5.74) is 1.25. The average Bonchev–Trinajstić information content (AvgIpc) is 3.30. The molecular weight excluding hydrogens is 409 g/mol. The van der Waals surface area contributed by atoms with E-state index in [0.717, 1.165) is 5.39 Å². The number of benzene rings is 1. The molecule has 1 aliphatic rings. The summed E-state index contributed by atoms with van der Waals surface area (Å²) in [6.45, 7) is 1.54. The number of hydrogen-bond donors (Lipinski definition) is 1. The molecule has 0 saturated carbocycles. The van der Waals surface area contributed by atoms with E-state index in [4.69, 9.17) is 0 Å². The van der Waals surface area contributed by atoms with E-state index < -0.39 is 30.6 Å². The van der Waals surface area contributed by atoms with Gasteiger partial charge in [0.2, 0.25) is 5.82 Å². The molecule has 30 heavy (non-hydrogen) atoms. The van der Waals surface area contributed by atoms with E-state index in [9.17, 15) is 22.0 Å². The number of halogens is 5. The average molecular weight is 423 g/mol. The minimum atomic E-state index is -5.69. The van der Waals surface area contributed by atoms with Gasteiger partial charge >= 0.3 is 12.1 Å². The first kappa shape index (κ1) is 18.7. The second kappa shape index (κ2) is 6.09. The topological polar surface area (TPSA) is 72.9 Å². The van der Waals surface area contributed by atoms with Crippen LogP contribution in [0.4, 0.5) is 27.8 Å². The molecule has 1 aliphatic heterocycles. The predicted octanol–water partition coefficient (Wildman–Crippen LogP) is 4.08. The van der Waals surface area contributed by atoms with Gasteiger partial charge in [-0.25, -0.2) is 19.2 Å². The van der Waals surface area contributed by atoms with Gasteiger partial charge in [-0.05, 0) is 25.5 Å². The van der Waals surface area contributed by atoms with Gasteiger partial charge in [0, 0.05) is 17.5 Å². The van der Waals surface area contributed by atoms with Gasteiger partial charge in [-0.1, -0.05) is 12.1 Å². The zero-order valence-electron chi connectivity index (χ0n) is 15.4. The van der Waals surface area contributed by atoms with Crippen LogP contribution in [0.25, 0.3) is 28.1 Å². The number of alkyl halides is 5. The lowest BCUT2D eigenvalue weighted by molar-refractivity contribution is -0.301. The number of nitrogens with one attached hydrogen (secondary N) is 1. The highest BCUT2D eigenvalue weighted by molar-refractivity contribution is 5.91. The normalized spacial score (nSPS) is 19.8. The molecule has 4 heterocycles. The molecule has 0 fully saturated rings. The lowest BCUT2D eigenvalue weighted by Crippen LogP contribution is -2.48. The van der Waals surface area contributed by atoms with Crippen molar-refractivity contribution in [3.63, 3.8) is 0 Å². The molecule has 0 unspecified atom stereocenters. The summed E-state index contributed by atoms with van der Waals surface area (Å²) in [6, 6.07) is 5.84. The van der Waals surface area contributed by atoms with Crippen LogP contribution in [0.2, 0.25) is 0 Å². The number of fused-ring (bicyclic) bond motifs is 4. The number of rotatable bonds is 2. The minimum absolute atomic E-state index is 0.0551. The van der Waals surface area contributed by atoms with Crippen molar-refractivity contribution in [2.45, 2.75) is 37.5 Å². The molecule has 2 atom stereocenters. The molecule has 1 aromatic carbocycles. The summed E-state index contributed by atoms with van der Waals surface area (Å²) >= 11 is 0. The highest BCUT2D eigenvalue weighted by Crippen LogP contribution is 2.48. The molecule has 4 aromatic rings. The molecule has 7 nitrogen and oxygen atoms in total. The van der Waals surface area contributed by atoms with Crippen LogP contribution in [0.1, 0.15) is 19.4 Å². The SMILES string of the molecule is C[C@@H]1C[C@H](C(F)(F)C(F)(F)F)n2nc(-c3nc4c5ccccc5ncn4n3)cc2N1. The Labute approximate surface area is 165 Å². The van der Waals surface area contributed by atoms with E-state index in [1.807, 2.05) is 12.1 Å². The van der Waals surface area contributed by atoms with Gasteiger partial charge in [0.1, 0.15) is 23.9 Å². The van der Waals surface area contributed by atoms with Gasteiger partial charge in [-0.2, -0.15) is 27.1 Å². The first-order chi connectivity index (χ1) is 14.1. The van der Waals surface area contributed by atoms with Crippen LogP contribution >= 0.6 is 0 Å². The molecule has 156 valence electrons. The van der Waals surface area contributed by atoms with E-state index in [2.05, 4.69) is 25.5 Å². The van der Waals surface area contributed by atoms with E-state index in [-0.39, 0.29) is 17.3 Å². The zero-order valence-corrected chi connectivity index (χ0v) is 15.4. The van der Waals surface area contributed by atoms with Gasteiger partial charge in [0.15, 0.2) is 5.65 Å². The molecule has 5 rings (SSSR count). The summed E-state index contributed by atoms with van der Waals surface area (Å²) < 4.78 is 69.5. The number of aromatic nitrogens is 6. The third-order valence-electron chi connectivity index (χ3n) is 5.11. The first-order valence-electron chi connectivity index (χ1n) is 9.06. The predicted molar refractivity (Wildman–Crippen MR) is 97.2 cm³/mol. The third-order valence-corrected chi connectivity index (χ3v) is 5.11. The fourth-order valence-electron chi connectivity index (χ4n) is 3.67. The monoisotopic (exact) mass is 423 g/mol. The number of nitrogens with zero attached hydrogens (tertiary/aromatic N) is 6. The van der Waals surface area contributed by atoms with Crippen molar-refractivity contribution in [2.24, 2.45) is 0 Å². The minimum Gasteiger partial charge on any atom is -0.368 e. The Kier molecular flexibility index (Phi) is 3.80. The molecule has 0 aliphatic carbocycles. The van der Waals surface area contributed by atoms with Gasteiger partial charge in [0.05, 0.1) is 5.52 Å². The van der Waals surface area contributed by atoms with Crippen molar-refractivity contribution < 1.29 is 22.0 Å². The number of anilines is 1. The Morgan fingerprint density at radius 1 is 1.10 bits per heavy atom. The van der Waals surface area contributed by atoms with Crippen LogP contribution in [0, 0.1) is 0 Å². The van der Waals surface area contributed by atoms with Crippen LogP contribution in [0.3, 0.4) is 0 Å². The van der Waals surface area contributed by atoms with Crippen LogP contribution in [-0.2, 0) is 0 Å². The van der Waals surface area contributed by atoms with Crippen molar-refractivity contribution in [2.75, 3.05) is 5.32 Å². The second-order valence-electron chi connectivity index (χ2n) is 7.24. The molecule has 0 radical (unpaired) electrons. The van der Waals surface area contributed by atoms with E-state index in [1.165, 1.54) is 23.8 Å². The van der Waals surface area contributed by atoms with Crippen molar-refractivity contribution in [3.8, 4) is 11.5 Å². The Bertz CT molecular complexity index is 1260. The number of para-hydroxylation sites is 1. The van der Waals surface area contributed by atoms with Crippen LogP contribution in [0.15, 0.2) is 36.7 Å². The molecule has 0 spiro atoms. The summed E-state index contributed by atoms with van der Waals surface area (Å²) in [7, 11) is 0.